The third kappa shape index (κ3) is 8.57. The van der Waals surface area contributed by atoms with E-state index in [0.717, 1.165) is 41.0 Å². The fraction of sp³-hybridized carbons (Fsp3) is 0.357. The van der Waals surface area contributed by atoms with Gasteiger partial charge >= 0.3 is 5.97 Å². The zero-order valence-corrected chi connectivity index (χ0v) is 27.1. The van der Waals surface area contributed by atoms with E-state index in [2.05, 4.69) is 19.7 Å². The third-order valence-electron chi connectivity index (χ3n) is 7.11. The van der Waals surface area contributed by atoms with Crippen LogP contribution in [0.4, 0.5) is 5.13 Å². The molecule has 1 aliphatic heterocycles. The normalized spacial score (nSPS) is 16.7. The Hall–Kier alpha value is -4.69. The van der Waals surface area contributed by atoms with E-state index in [1.807, 2.05) is 42.1 Å². The van der Waals surface area contributed by atoms with Gasteiger partial charge in [-0.25, -0.2) is 22.8 Å². The number of nitrogen functional groups attached to an aromatic ring is 1. The lowest BCUT2D eigenvalue weighted by Gasteiger charge is -2.51. The number of nitrogens with zero attached hydrogens (tertiary/aromatic N) is 4. The van der Waals surface area contributed by atoms with Crippen LogP contribution in [0, 0.1) is 0 Å². The zero-order valence-electron chi connectivity index (χ0n) is 25.5. The van der Waals surface area contributed by atoms with Crippen LogP contribution in [0.5, 0.6) is 5.75 Å². The smallest absolute Gasteiger partial charge is 0.351 e. The van der Waals surface area contributed by atoms with Gasteiger partial charge in [0.1, 0.15) is 31.1 Å². The van der Waals surface area contributed by atoms with Gasteiger partial charge in [0, 0.05) is 23.4 Å². The first-order chi connectivity index (χ1) is 22.1. The number of nitrogens with one attached hydrogen (secondary N) is 1. The number of carbonyl (C=O) groups is 3. The van der Waals surface area contributed by atoms with E-state index < -0.39 is 58.2 Å². The second-order valence-electron chi connectivity index (χ2n) is 10.9. The molecule has 2 aromatic heterocycles. The van der Waals surface area contributed by atoms with Gasteiger partial charge in [-0.15, -0.1) is 11.3 Å². The van der Waals surface area contributed by atoms with E-state index in [9.17, 15) is 32.5 Å². The fourth-order valence-electron chi connectivity index (χ4n) is 4.55. The number of benzene rings is 1. The number of thiazole rings is 1. The van der Waals surface area contributed by atoms with Gasteiger partial charge in [0.2, 0.25) is 10.4 Å². The Kier molecular flexibility index (Phi) is 10.8. The molecule has 19 heteroatoms. The topological polar surface area (TPSA) is 253 Å². The molecular weight excluding hydrogens is 658 g/mol. The maximum Gasteiger partial charge on any atom is 0.351 e. The Balaban J connectivity index is 1.44. The monoisotopic (exact) mass is 691 g/mol. The second-order valence-corrected chi connectivity index (χ2v) is 12.7. The number of hydroxylamine groups is 2. The van der Waals surface area contributed by atoms with Crippen LogP contribution >= 0.6 is 11.3 Å². The highest BCUT2D eigenvalue weighted by atomic mass is 32.3. The van der Waals surface area contributed by atoms with Crippen LogP contribution in [0.15, 0.2) is 53.1 Å². The summed E-state index contributed by atoms with van der Waals surface area (Å²) in [5.74, 6) is -3.17. The minimum absolute atomic E-state index is 0.0543. The van der Waals surface area contributed by atoms with Crippen LogP contribution in [0.25, 0.3) is 11.1 Å². The molecule has 1 aliphatic rings. The van der Waals surface area contributed by atoms with Crippen molar-refractivity contribution in [3.8, 4) is 16.9 Å². The van der Waals surface area contributed by atoms with E-state index in [1.165, 1.54) is 19.2 Å². The van der Waals surface area contributed by atoms with Gasteiger partial charge < -0.3 is 36.0 Å². The molecule has 0 saturated carbocycles. The number of hydrogen-bond acceptors (Lipinski definition) is 14. The molecule has 17 nitrogen and oxygen atoms in total. The van der Waals surface area contributed by atoms with E-state index in [-0.39, 0.29) is 10.8 Å². The molecule has 1 saturated heterocycles. The molecule has 1 aromatic carbocycles. The highest BCUT2D eigenvalue weighted by Gasteiger charge is 2.57. The fourth-order valence-corrected chi connectivity index (χ4v) is 5.54. The molecule has 0 spiro atoms. The van der Waals surface area contributed by atoms with Gasteiger partial charge in [-0.3, -0.25) is 9.59 Å². The van der Waals surface area contributed by atoms with Crippen LogP contribution in [-0.4, -0.2) is 82.5 Å². The van der Waals surface area contributed by atoms with Crippen molar-refractivity contribution in [2.75, 3.05) is 18.9 Å². The van der Waals surface area contributed by atoms with Crippen LogP contribution in [-0.2, 0) is 47.4 Å². The van der Waals surface area contributed by atoms with Crippen molar-refractivity contribution in [2.45, 2.75) is 44.4 Å². The van der Waals surface area contributed by atoms with Crippen LogP contribution < -0.4 is 26.1 Å². The summed E-state index contributed by atoms with van der Waals surface area (Å²) in [6.45, 7) is 2.79. The predicted molar refractivity (Wildman–Crippen MR) is 165 cm³/mol. The largest absolute Gasteiger partial charge is 0.724 e. The average molecular weight is 692 g/mol. The Labute approximate surface area is 273 Å². The highest BCUT2D eigenvalue weighted by molar-refractivity contribution is 7.80. The molecule has 252 valence electrons. The number of carboxylic acids is 1. The maximum absolute atomic E-state index is 13.2. The molecule has 47 heavy (non-hydrogen) atoms. The first-order valence-electron chi connectivity index (χ1n) is 14.0. The molecule has 4 rings (SSSR count). The first-order valence-corrected chi connectivity index (χ1v) is 16.2. The van der Waals surface area contributed by atoms with Crippen LogP contribution in [0.3, 0.4) is 0 Å². The number of nitrogens with two attached hydrogens (primary N) is 2. The number of oxime groups is 1. The number of carboxylic acid groups (broad SMARTS) is 1. The summed E-state index contributed by atoms with van der Waals surface area (Å²) in [5.41, 5.74) is 12.2. The number of carbonyl (C=O) groups excluding carboxylic acids is 2. The number of hydrogen-bond donors (Lipinski definition) is 4. The Morgan fingerprint density at radius 1 is 1.23 bits per heavy atom. The summed E-state index contributed by atoms with van der Waals surface area (Å²) in [5, 5.41) is 17.5. The number of aliphatic carboxylic acids is 1. The average Bonchev–Trinajstić information content (AvgIpc) is 3.44. The lowest BCUT2D eigenvalue weighted by molar-refractivity contribution is -0.678. The van der Waals surface area contributed by atoms with Crippen molar-refractivity contribution < 1.29 is 50.9 Å². The van der Waals surface area contributed by atoms with E-state index in [0.29, 0.717) is 17.4 Å². The van der Waals surface area contributed by atoms with Crippen LogP contribution in [0.2, 0.25) is 0 Å². The minimum atomic E-state index is -5.26. The van der Waals surface area contributed by atoms with Crippen LogP contribution in [0.1, 0.15) is 31.7 Å². The van der Waals surface area contributed by atoms with Crippen molar-refractivity contribution >= 4 is 50.4 Å². The number of amides is 2. The molecule has 0 radical (unpaired) electrons. The molecule has 1 fully saturated rings. The molecule has 6 N–H and O–H groups in total. The lowest BCUT2D eigenvalue weighted by atomic mass is 9.84. The molecule has 3 aromatic rings. The summed E-state index contributed by atoms with van der Waals surface area (Å²) in [7, 11) is -3.31. The van der Waals surface area contributed by atoms with Gasteiger partial charge in [-0.05, 0) is 50.6 Å². The van der Waals surface area contributed by atoms with E-state index in [4.69, 9.17) is 21.0 Å². The van der Waals surface area contributed by atoms with E-state index in [1.54, 1.807) is 12.1 Å². The predicted octanol–water partition coefficient (Wildman–Crippen LogP) is -0.142. The number of anilines is 1. The number of rotatable bonds is 15. The van der Waals surface area contributed by atoms with Gasteiger partial charge in [0.15, 0.2) is 22.7 Å². The molecule has 0 bridgehead atoms. The number of β-lactam (4-membered cyclic amide) rings is 1. The summed E-state index contributed by atoms with van der Waals surface area (Å²) in [6, 6.07) is 9.65. The van der Waals surface area contributed by atoms with Crippen molar-refractivity contribution in [3.63, 3.8) is 0 Å². The molecule has 0 aliphatic carbocycles. The molecular formula is C28H33N7O10S2. The Morgan fingerprint density at radius 2 is 1.91 bits per heavy atom. The summed E-state index contributed by atoms with van der Waals surface area (Å²) in [6.07, 6.45) is 2.07. The number of pyridine rings is 1. The quantitative estimate of drug-likeness (QED) is 0.0405. The van der Waals surface area contributed by atoms with Crippen molar-refractivity contribution in [3.05, 3.63) is 59.4 Å². The number of aryl methyl sites for hydroxylation is 2. The Bertz CT molecular complexity index is 1780. The number of aromatic nitrogens is 2. The molecule has 2 atom stereocenters. The van der Waals surface area contributed by atoms with Crippen molar-refractivity contribution in [1.29, 1.82) is 0 Å². The molecule has 0 unspecified atom stereocenters. The number of ether oxygens (including phenoxy) is 1. The van der Waals surface area contributed by atoms with Gasteiger partial charge in [0.05, 0.1) is 5.54 Å². The van der Waals surface area contributed by atoms with Gasteiger partial charge in [-0.1, -0.05) is 17.3 Å². The third-order valence-corrected chi connectivity index (χ3v) is 8.12. The Morgan fingerprint density at radius 3 is 2.47 bits per heavy atom. The summed E-state index contributed by atoms with van der Waals surface area (Å²) < 4.78 is 44.8. The van der Waals surface area contributed by atoms with Crippen molar-refractivity contribution in [2.24, 2.45) is 17.9 Å². The standard InChI is InChI=1S/C28H33N7O10S2/c1-28(2)23(25(37)35(28)45-47(40,41)42)32-24(36)22(20-15-46-27(30)31-20)33-44-21(26(38)39)14-43-19-10-7-16(8-11-19)17-6-9-18(5-4-12-29)34(3)13-17/h6-11,13,15,21,23H,4-5,12,14,29H2,1-3H3,(H4-,30,31,32,36,38,39,40,41,42)/b33-22-/t21-,23+/m0/s1. The lowest BCUT2D eigenvalue weighted by Crippen LogP contribution is -2.76. The summed E-state index contributed by atoms with van der Waals surface area (Å²) in [4.78, 5) is 46.8. The minimum Gasteiger partial charge on any atom is -0.724 e. The summed E-state index contributed by atoms with van der Waals surface area (Å²) >= 11 is 0.955. The highest BCUT2D eigenvalue weighted by Crippen LogP contribution is 2.33. The molecule has 2 amide bonds. The van der Waals surface area contributed by atoms with Gasteiger partial charge in [-0.2, -0.15) is 9.35 Å². The zero-order chi connectivity index (χ0) is 34.5. The first kappa shape index (κ1) is 35.2. The molecule has 3 heterocycles. The SMILES string of the molecule is C[n+]1cc(-c2ccc(OC[C@H](O/N=C(\C(=O)N[C@@H]3C(=O)N(OS(=O)(=O)[O-])C3(C)C)c3csc(N)n3)C(=O)O)cc2)ccc1CCCN. The van der Waals surface area contributed by atoms with E-state index >= 15 is 0 Å². The van der Waals surface area contributed by atoms with Gasteiger partial charge in [0.25, 0.3) is 17.9 Å². The maximum atomic E-state index is 13.2. The van der Waals surface area contributed by atoms with Crippen molar-refractivity contribution in [1.82, 2.24) is 15.4 Å². The second kappa shape index (κ2) is 14.4.